The number of nitriles is 1. The van der Waals surface area contributed by atoms with Crippen molar-refractivity contribution >= 4 is 46.4 Å². The molecule has 1 saturated heterocycles. The van der Waals surface area contributed by atoms with Crippen LogP contribution in [0.5, 0.6) is 5.75 Å². The zero-order valence-corrected chi connectivity index (χ0v) is 18.6. The topological polar surface area (TPSA) is 94.3 Å². The highest BCUT2D eigenvalue weighted by molar-refractivity contribution is 6.32. The highest BCUT2D eigenvalue weighted by Crippen LogP contribution is 2.32. The number of nitrogens with zero attached hydrogens (tertiary/aromatic N) is 4. The first-order chi connectivity index (χ1) is 14.6. The molecule has 3 aromatic rings. The van der Waals surface area contributed by atoms with Crippen molar-refractivity contribution in [2.45, 2.75) is 25.5 Å². The summed E-state index contributed by atoms with van der Waals surface area (Å²) >= 11 is 6.22. The summed E-state index contributed by atoms with van der Waals surface area (Å²) in [7, 11) is 1.58. The molecule has 0 aliphatic carbocycles. The summed E-state index contributed by atoms with van der Waals surface area (Å²) in [6.45, 7) is 1.93. The monoisotopic (exact) mass is 459 g/mol. The Kier molecular flexibility index (Phi) is 7.39. The Hall–Kier alpha value is -2.79. The number of hydrogen-bond acceptors (Lipinski definition) is 7. The van der Waals surface area contributed by atoms with E-state index in [1.165, 1.54) is 0 Å². The number of aromatic nitrogens is 2. The van der Waals surface area contributed by atoms with Crippen LogP contribution in [0.3, 0.4) is 0 Å². The molecule has 1 fully saturated rings. The second-order valence-corrected chi connectivity index (χ2v) is 7.69. The molecule has 2 aromatic carbocycles. The van der Waals surface area contributed by atoms with Crippen LogP contribution in [0.2, 0.25) is 5.02 Å². The number of nitrogens with one attached hydrogen (secondary N) is 1. The van der Waals surface area contributed by atoms with E-state index in [2.05, 4.69) is 26.5 Å². The summed E-state index contributed by atoms with van der Waals surface area (Å²) in [5.74, 6) is 2.01. The van der Waals surface area contributed by atoms with Gasteiger partial charge >= 0.3 is 0 Å². The van der Waals surface area contributed by atoms with Gasteiger partial charge in [0.15, 0.2) is 11.6 Å². The van der Waals surface area contributed by atoms with Gasteiger partial charge in [0, 0.05) is 30.4 Å². The van der Waals surface area contributed by atoms with Gasteiger partial charge in [0.1, 0.15) is 5.75 Å². The molecule has 1 aliphatic heterocycles. The van der Waals surface area contributed by atoms with Gasteiger partial charge in [0.2, 0.25) is 0 Å². The van der Waals surface area contributed by atoms with Gasteiger partial charge in [-0.1, -0.05) is 17.7 Å². The number of aliphatic hydroxyl groups is 1. The number of piperidine rings is 1. The van der Waals surface area contributed by atoms with Crippen LogP contribution in [0, 0.1) is 11.3 Å². The molecule has 1 aliphatic rings. The second kappa shape index (κ2) is 10.0. The Labute approximate surface area is 192 Å². The fourth-order valence-electron chi connectivity index (χ4n) is 3.66. The number of halogens is 2. The molecule has 1 aromatic heterocycles. The number of benzene rings is 2. The number of rotatable bonds is 5. The van der Waals surface area contributed by atoms with E-state index in [9.17, 15) is 10.4 Å². The van der Waals surface area contributed by atoms with E-state index in [-0.39, 0.29) is 18.5 Å². The van der Waals surface area contributed by atoms with Gasteiger partial charge in [-0.2, -0.15) is 5.26 Å². The molecule has 0 atom stereocenters. The van der Waals surface area contributed by atoms with Crippen LogP contribution in [-0.4, -0.2) is 41.6 Å². The maximum Gasteiger partial charge on any atom is 0.159 e. The Morgan fingerprint density at radius 2 is 1.97 bits per heavy atom. The fourth-order valence-corrected chi connectivity index (χ4v) is 3.94. The Morgan fingerprint density at radius 1 is 1.19 bits per heavy atom. The zero-order chi connectivity index (χ0) is 21.1. The lowest BCUT2D eigenvalue weighted by Gasteiger charge is -2.31. The Bertz CT molecular complexity index is 1110. The van der Waals surface area contributed by atoms with Crippen LogP contribution in [0.25, 0.3) is 10.8 Å². The fraction of sp³-hybridized carbons (Fsp3) is 0.318. The number of aliphatic hydroxyl groups excluding tert-OH is 1. The summed E-state index contributed by atoms with van der Waals surface area (Å²) in [5, 5.41) is 33.7. The predicted octanol–water partition coefficient (Wildman–Crippen LogP) is 4.16. The van der Waals surface area contributed by atoms with Crippen LogP contribution < -0.4 is 15.0 Å². The lowest BCUT2D eigenvalue weighted by molar-refractivity contribution is 0.145. The predicted molar refractivity (Wildman–Crippen MR) is 124 cm³/mol. The molecule has 2 N–H and O–H groups in total. The third kappa shape index (κ3) is 4.93. The van der Waals surface area contributed by atoms with Crippen molar-refractivity contribution in [1.29, 1.82) is 5.26 Å². The smallest absolute Gasteiger partial charge is 0.159 e. The van der Waals surface area contributed by atoms with Gasteiger partial charge in [0.05, 0.1) is 29.9 Å². The molecule has 0 unspecified atom stereocenters. The van der Waals surface area contributed by atoms with Gasteiger partial charge < -0.3 is 20.1 Å². The third-order valence-electron chi connectivity index (χ3n) is 5.33. The summed E-state index contributed by atoms with van der Waals surface area (Å²) in [6, 6.07) is 13.3. The number of anilines is 2. The van der Waals surface area contributed by atoms with Gasteiger partial charge in [-0.3, -0.25) is 0 Å². The molecule has 7 nitrogen and oxygen atoms in total. The minimum absolute atomic E-state index is 0. The van der Waals surface area contributed by atoms with Crippen molar-refractivity contribution in [3.05, 3.63) is 52.5 Å². The third-order valence-corrected chi connectivity index (χ3v) is 5.62. The van der Waals surface area contributed by atoms with Crippen molar-refractivity contribution in [3.8, 4) is 11.8 Å². The molecule has 0 spiro atoms. The summed E-state index contributed by atoms with van der Waals surface area (Å²) < 4.78 is 5.20. The Balaban J connectivity index is 0.00000272. The maximum absolute atomic E-state index is 9.81. The van der Waals surface area contributed by atoms with Crippen LogP contribution in [-0.2, 0) is 6.54 Å². The molecule has 2 heterocycles. The normalized spacial score (nSPS) is 14.1. The van der Waals surface area contributed by atoms with Crippen LogP contribution >= 0.6 is 24.0 Å². The number of methoxy groups -OCH3 is 1. The Morgan fingerprint density at radius 3 is 2.65 bits per heavy atom. The van der Waals surface area contributed by atoms with E-state index in [1.807, 2.05) is 30.3 Å². The average molecular weight is 460 g/mol. The lowest BCUT2D eigenvalue weighted by atomic mass is 10.1. The first-order valence-electron chi connectivity index (χ1n) is 9.79. The van der Waals surface area contributed by atoms with E-state index >= 15 is 0 Å². The largest absolute Gasteiger partial charge is 0.495 e. The molecule has 0 radical (unpaired) electrons. The van der Waals surface area contributed by atoms with E-state index in [0.29, 0.717) is 54.6 Å². The van der Waals surface area contributed by atoms with Gasteiger partial charge in [0.25, 0.3) is 0 Å². The van der Waals surface area contributed by atoms with Crippen LogP contribution in [0.4, 0.5) is 11.6 Å². The van der Waals surface area contributed by atoms with E-state index < -0.39 is 0 Å². The molecule has 0 bridgehead atoms. The van der Waals surface area contributed by atoms with E-state index in [4.69, 9.17) is 16.3 Å². The summed E-state index contributed by atoms with van der Waals surface area (Å²) in [5.41, 5.74) is 1.56. The van der Waals surface area contributed by atoms with Gasteiger partial charge in [-0.05, 0) is 48.7 Å². The lowest BCUT2D eigenvalue weighted by Crippen LogP contribution is -2.36. The minimum atomic E-state index is -0.271. The molecule has 0 amide bonds. The first kappa shape index (κ1) is 22.9. The number of hydrogen-bond donors (Lipinski definition) is 2. The zero-order valence-electron chi connectivity index (χ0n) is 17.0. The molecular formula is C22H23Cl2N5O2. The molecule has 4 rings (SSSR count). The molecule has 31 heavy (non-hydrogen) atoms. The summed E-state index contributed by atoms with van der Waals surface area (Å²) in [6.07, 6.45) is 1.12. The summed E-state index contributed by atoms with van der Waals surface area (Å²) in [4.78, 5) is 2.12. The van der Waals surface area contributed by atoms with Gasteiger partial charge in [-0.25, -0.2) is 0 Å². The second-order valence-electron chi connectivity index (χ2n) is 7.29. The van der Waals surface area contributed by atoms with Crippen LogP contribution in [0.15, 0.2) is 36.4 Å². The molecule has 0 saturated carbocycles. The average Bonchev–Trinajstić information content (AvgIpc) is 2.77. The van der Waals surface area contributed by atoms with Crippen molar-refractivity contribution in [2.75, 3.05) is 30.4 Å². The maximum atomic E-state index is 9.81. The quantitative estimate of drug-likeness (QED) is 0.591. The minimum Gasteiger partial charge on any atom is -0.495 e. The first-order valence-corrected chi connectivity index (χ1v) is 10.2. The molecule has 162 valence electrons. The van der Waals surface area contributed by atoms with E-state index in [0.717, 1.165) is 22.2 Å². The number of ether oxygens (including phenoxy) is 1. The van der Waals surface area contributed by atoms with Crippen LogP contribution in [0.1, 0.15) is 24.0 Å². The van der Waals surface area contributed by atoms with Gasteiger partial charge in [-0.15, -0.1) is 22.6 Å². The standard InChI is InChI=1S/C22H22ClN5O2.ClH/c1-30-20-5-3-15(11-19(20)23)13-25-21-17-4-2-14(12-24)10-18(17)22(27-26-21)28-8-6-16(29)7-9-28;/h2-5,10-11,16,29H,6-9,13H2,1H3,(H,25,26);1H. The van der Waals surface area contributed by atoms with Crippen molar-refractivity contribution in [1.82, 2.24) is 10.2 Å². The van der Waals surface area contributed by atoms with Crippen molar-refractivity contribution in [2.24, 2.45) is 0 Å². The highest BCUT2D eigenvalue weighted by atomic mass is 35.5. The molecule has 9 heteroatoms. The number of fused-ring (bicyclic) bond motifs is 1. The molecular weight excluding hydrogens is 437 g/mol. The van der Waals surface area contributed by atoms with E-state index in [1.54, 1.807) is 13.2 Å². The van der Waals surface area contributed by atoms with Crippen molar-refractivity contribution in [3.63, 3.8) is 0 Å². The van der Waals surface area contributed by atoms with Crippen molar-refractivity contribution < 1.29 is 9.84 Å². The SMILES string of the molecule is COc1ccc(CNc2nnc(N3CCC(O)CC3)c3cc(C#N)ccc23)cc1Cl.Cl. The highest BCUT2D eigenvalue weighted by Gasteiger charge is 2.21.